The van der Waals surface area contributed by atoms with Crippen LogP contribution >= 0.6 is 11.6 Å². The third-order valence-electron chi connectivity index (χ3n) is 4.32. The lowest BCUT2D eigenvalue weighted by atomic mass is 10.1. The number of piperidine rings is 1. The summed E-state index contributed by atoms with van der Waals surface area (Å²) in [5, 5.41) is 14.7. The molecule has 26 heavy (non-hydrogen) atoms. The number of hydrogen-bond acceptors (Lipinski definition) is 7. The van der Waals surface area contributed by atoms with Gasteiger partial charge in [-0.2, -0.15) is 14.6 Å². The lowest BCUT2D eigenvalue weighted by Crippen LogP contribution is -2.40. The molecular weight excluding hydrogens is 380 g/mol. The quantitative estimate of drug-likeness (QED) is 0.550. The molecule has 0 aliphatic carbocycles. The summed E-state index contributed by atoms with van der Waals surface area (Å²) >= 11 is 4.65. The minimum atomic E-state index is -1.79. The van der Waals surface area contributed by atoms with E-state index in [0.29, 0.717) is 22.3 Å². The second-order valence-electron chi connectivity index (χ2n) is 6.08. The van der Waals surface area contributed by atoms with Gasteiger partial charge in [-0.3, -0.25) is 10.00 Å². The van der Waals surface area contributed by atoms with Crippen molar-refractivity contribution in [2.75, 3.05) is 24.3 Å². The highest BCUT2D eigenvalue weighted by atomic mass is 35.5. The Kier molecular flexibility index (Phi) is 4.85. The van der Waals surface area contributed by atoms with Crippen molar-refractivity contribution in [3.8, 4) is 11.3 Å². The predicted octanol–water partition coefficient (Wildman–Crippen LogP) is 1.22. The minimum absolute atomic E-state index is 0.192. The van der Waals surface area contributed by atoms with Gasteiger partial charge in [0.25, 0.3) is 0 Å². The molecule has 12 heteroatoms. The standard InChI is InChI=1S/C14H17ClN8O2S/c15-11-12(9-5-17-18-6-9)16-7-23-13(11)20-14(21-23)19-10-1-3-22(4-2-10)8-26(24)25/h5-7,10H,1-4,8H2,(H,17,18)(H,19,21)(H,24,25). The molecule has 3 aromatic heterocycles. The van der Waals surface area contributed by atoms with E-state index in [1.54, 1.807) is 18.7 Å². The molecule has 0 amide bonds. The normalized spacial score (nSPS) is 17.6. The highest BCUT2D eigenvalue weighted by Crippen LogP contribution is 2.28. The van der Waals surface area contributed by atoms with E-state index >= 15 is 0 Å². The Labute approximate surface area is 156 Å². The number of anilines is 1. The van der Waals surface area contributed by atoms with Crippen LogP contribution < -0.4 is 5.32 Å². The summed E-state index contributed by atoms with van der Waals surface area (Å²) in [6, 6.07) is 0.205. The lowest BCUT2D eigenvalue weighted by Gasteiger charge is -2.30. The van der Waals surface area contributed by atoms with Crippen molar-refractivity contribution < 1.29 is 8.76 Å². The van der Waals surface area contributed by atoms with Crippen molar-refractivity contribution in [3.63, 3.8) is 0 Å². The van der Waals surface area contributed by atoms with Crippen LogP contribution in [0.5, 0.6) is 0 Å². The van der Waals surface area contributed by atoms with E-state index in [4.69, 9.17) is 16.2 Å². The van der Waals surface area contributed by atoms with Gasteiger partial charge in [0.2, 0.25) is 5.95 Å². The number of nitrogens with zero attached hydrogens (tertiary/aromatic N) is 6. The van der Waals surface area contributed by atoms with Crippen LogP contribution in [0.3, 0.4) is 0 Å². The largest absolute Gasteiger partial charge is 0.350 e. The number of likely N-dealkylation sites (tertiary alicyclic amines) is 1. The number of aromatic amines is 1. The predicted molar refractivity (Wildman–Crippen MR) is 97.2 cm³/mol. The molecule has 0 radical (unpaired) electrons. The summed E-state index contributed by atoms with van der Waals surface area (Å²) < 4.78 is 21.4. The van der Waals surface area contributed by atoms with Gasteiger partial charge in [0, 0.05) is 30.9 Å². The summed E-state index contributed by atoms with van der Waals surface area (Å²) in [5.41, 5.74) is 1.90. The molecule has 10 nitrogen and oxygen atoms in total. The zero-order valence-electron chi connectivity index (χ0n) is 13.7. The van der Waals surface area contributed by atoms with Crippen LogP contribution in [-0.2, 0) is 11.1 Å². The van der Waals surface area contributed by atoms with E-state index in [-0.39, 0.29) is 11.9 Å². The molecule has 0 spiro atoms. The minimum Gasteiger partial charge on any atom is -0.350 e. The molecule has 3 N–H and O–H groups in total. The summed E-state index contributed by atoms with van der Waals surface area (Å²) in [6.07, 6.45) is 6.62. The first kappa shape index (κ1) is 17.3. The smallest absolute Gasteiger partial charge is 0.243 e. The van der Waals surface area contributed by atoms with Crippen LogP contribution in [0, 0.1) is 0 Å². The Morgan fingerprint density at radius 2 is 2.23 bits per heavy atom. The van der Waals surface area contributed by atoms with Gasteiger partial charge in [0.15, 0.2) is 16.7 Å². The van der Waals surface area contributed by atoms with Crippen molar-refractivity contribution in [2.24, 2.45) is 0 Å². The number of aromatic nitrogens is 6. The summed E-state index contributed by atoms with van der Waals surface area (Å²) in [7, 11) is 0. The molecule has 1 fully saturated rings. The first-order valence-corrected chi connectivity index (χ1v) is 9.72. The van der Waals surface area contributed by atoms with Crippen LogP contribution in [0.15, 0.2) is 18.7 Å². The summed E-state index contributed by atoms with van der Waals surface area (Å²) in [4.78, 5) is 10.8. The topological polar surface area (TPSA) is 124 Å². The third-order valence-corrected chi connectivity index (χ3v) is 5.25. The maximum Gasteiger partial charge on any atom is 0.243 e. The van der Waals surface area contributed by atoms with Crippen LogP contribution in [-0.4, -0.2) is 68.4 Å². The van der Waals surface area contributed by atoms with Crippen LogP contribution in [0.25, 0.3) is 16.9 Å². The molecule has 0 aromatic carbocycles. The average Bonchev–Trinajstić information content (AvgIpc) is 3.26. The van der Waals surface area contributed by atoms with E-state index in [2.05, 4.69) is 30.6 Å². The van der Waals surface area contributed by atoms with E-state index in [1.165, 1.54) is 4.52 Å². The molecule has 4 heterocycles. The second-order valence-corrected chi connectivity index (χ2v) is 7.36. The molecule has 1 unspecified atom stereocenters. The fourth-order valence-corrected chi connectivity index (χ4v) is 3.87. The molecule has 1 aliphatic rings. The van der Waals surface area contributed by atoms with Gasteiger partial charge in [-0.1, -0.05) is 11.6 Å². The summed E-state index contributed by atoms with van der Waals surface area (Å²) in [6.45, 7) is 1.51. The molecule has 4 rings (SSSR count). The lowest BCUT2D eigenvalue weighted by molar-refractivity contribution is 0.247. The van der Waals surface area contributed by atoms with Crippen LogP contribution in [0.2, 0.25) is 5.02 Å². The Hall–Kier alpha value is -2.08. The fraction of sp³-hybridized carbons (Fsp3) is 0.429. The molecule has 0 bridgehead atoms. The highest BCUT2D eigenvalue weighted by Gasteiger charge is 2.22. The summed E-state index contributed by atoms with van der Waals surface area (Å²) in [5.74, 6) is 0.680. The number of hydrogen-bond donors (Lipinski definition) is 3. The molecular formula is C14H17ClN8O2S. The fourth-order valence-electron chi connectivity index (χ4n) is 3.02. The second kappa shape index (κ2) is 7.27. The Bertz CT molecular complexity index is 923. The number of rotatable bonds is 5. The molecule has 1 atom stereocenters. The zero-order valence-corrected chi connectivity index (χ0v) is 15.2. The first-order chi connectivity index (χ1) is 12.6. The Balaban J connectivity index is 1.48. The molecule has 3 aromatic rings. The monoisotopic (exact) mass is 396 g/mol. The zero-order chi connectivity index (χ0) is 18.1. The molecule has 138 valence electrons. The van der Waals surface area contributed by atoms with Crippen molar-refractivity contribution in [2.45, 2.75) is 18.9 Å². The van der Waals surface area contributed by atoms with Crippen molar-refractivity contribution >= 4 is 34.3 Å². The van der Waals surface area contributed by atoms with Gasteiger partial charge in [0.1, 0.15) is 17.2 Å². The maximum atomic E-state index is 10.9. The van der Waals surface area contributed by atoms with Gasteiger partial charge in [-0.15, -0.1) is 5.10 Å². The number of nitrogens with one attached hydrogen (secondary N) is 2. The van der Waals surface area contributed by atoms with Crippen molar-refractivity contribution in [3.05, 3.63) is 23.7 Å². The first-order valence-electron chi connectivity index (χ1n) is 8.06. The van der Waals surface area contributed by atoms with Crippen molar-refractivity contribution in [1.82, 2.24) is 34.7 Å². The van der Waals surface area contributed by atoms with Gasteiger partial charge in [0.05, 0.1) is 11.9 Å². The SMILES string of the molecule is O=S(O)CN1CCC(Nc2nc3c(Cl)c(-c4cn[nH]c4)ncn3n2)CC1. The van der Waals surface area contributed by atoms with E-state index < -0.39 is 11.1 Å². The van der Waals surface area contributed by atoms with Crippen molar-refractivity contribution in [1.29, 1.82) is 0 Å². The Morgan fingerprint density at radius 1 is 1.42 bits per heavy atom. The third kappa shape index (κ3) is 3.56. The molecule has 1 aliphatic heterocycles. The number of fused-ring (bicyclic) bond motifs is 1. The number of H-pyrrole nitrogens is 1. The highest BCUT2D eigenvalue weighted by molar-refractivity contribution is 7.79. The Morgan fingerprint density at radius 3 is 2.92 bits per heavy atom. The van der Waals surface area contributed by atoms with Gasteiger partial charge in [-0.05, 0) is 12.8 Å². The molecule has 1 saturated heterocycles. The number of halogens is 1. The van der Waals surface area contributed by atoms with Crippen LogP contribution in [0.4, 0.5) is 5.95 Å². The average molecular weight is 397 g/mol. The van der Waals surface area contributed by atoms with E-state index in [1.807, 2.05) is 4.90 Å². The van der Waals surface area contributed by atoms with E-state index in [9.17, 15) is 4.21 Å². The maximum absolute atomic E-state index is 10.9. The molecule has 0 saturated carbocycles. The van der Waals surface area contributed by atoms with Gasteiger partial charge in [-0.25, -0.2) is 9.19 Å². The van der Waals surface area contributed by atoms with Gasteiger partial charge >= 0.3 is 0 Å². The van der Waals surface area contributed by atoms with Crippen LogP contribution in [0.1, 0.15) is 12.8 Å². The van der Waals surface area contributed by atoms with Gasteiger partial charge < -0.3 is 9.87 Å². The van der Waals surface area contributed by atoms with E-state index in [0.717, 1.165) is 31.5 Å².